The highest BCUT2D eigenvalue weighted by atomic mass is 19.3. The molecule has 0 atom stereocenters. The molecule has 0 aliphatic heterocycles. The predicted molar refractivity (Wildman–Crippen MR) is 73.3 cm³/mol. The second-order valence-electron chi connectivity index (χ2n) is 5.01. The van der Waals surface area contributed by atoms with E-state index in [2.05, 4.69) is 22.2 Å². The highest BCUT2D eigenvalue weighted by Crippen LogP contribution is 2.39. The number of nitrogens with one attached hydrogen (secondary N) is 1. The Hall–Kier alpha value is -1.30. The molecule has 2 rings (SSSR count). The van der Waals surface area contributed by atoms with Crippen LogP contribution in [0.3, 0.4) is 0 Å². The second kappa shape index (κ2) is 7.47. The van der Waals surface area contributed by atoms with E-state index in [-0.39, 0.29) is 6.61 Å². The molecule has 0 saturated heterocycles. The molecule has 1 N–H and O–H groups in total. The first-order valence-corrected chi connectivity index (χ1v) is 7.16. The molecule has 20 heavy (non-hydrogen) atoms. The molecule has 0 spiro atoms. The molecule has 1 aromatic heterocycles. The van der Waals surface area contributed by atoms with E-state index in [1.54, 1.807) is 0 Å². The van der Waals surface area contributed by atoms with Gasteiger partial charge in [-0.05, 0) is 19.3 Å². The topological polar surface area (TPSA) is 47.0 Å². The molecule has 1 saturated carbocycles. The summed E-state index contributed by atoms with van der Waals surface area (Å²) in [6.45, 7) is 2.66. The molecule has 1 fully saturated rings. The van der Waals surface area contributed by atoms with Crippen molar-refractivity contribution in [3.8, 4) is 0 Å². The van der Waals surface area contributed by atoms with Crippen LogP contribution in [0.2, 0.25) is 0 Å². The largest absolute Gasteiger partial charge is 0.375 e. The van der Waals surface area contributed by atoms with Crippen molar-refractivity contribution >= 4 is 5.82 Å². The van der Waals surface area contributed by atoms with Gasteiger partial charge in [-0.15, -0.1) is 0 Å². The Bertz CT molecular complexity index is 425. The van der Waals surface area contributed by atoms with Crippen LogP contribution >= 0.6 is 0 Å². The lowest BCUT2D eigenvalue weighted by molar-refractivity contribution is 0.0183. The van der Waals surface area contributed by atoms with E-state index in [0.717, 1.165) is 24.5 Å². The standard InChI is InChI=1S/C14H21F2N3O/c1-2-6-17-14-8-11(10-3-4-10)18-13(19-14)5-7-20-9-12(15)16/h8,10,12H,2-7,9H2,1H3,(H,17,18,19). The molecule has 0 aromatic carbocycles. The van der Waals surface area contributed by atoms with Gasteiger partial charge in [0.25, 0.3) is 6.43 Å². The van der Waals surface area contributed by atoms with Gasteiger partial charge in [-0.2, -0.15) is 0 Å². The highest BCUT2D eigenvalue weighted by Gasteiger charge is 2.26. The fourth-order valence-electron chi connectivity index (χ4n) is 1.90. The van der Waals surface area contributed by atoms with Gasteiger partial charge in [0, 0.05) is 30.6 Å². The first-order valence-electron chi connectivity index (χ1n) is 7.16. The number of hydrogen-bond donors (Lipinski definition) is 1. The maximum Gasteiger partial charge on any atom is 0.261 e. The Balaban J connectivity index is 1.93. The fourth-order valence-corrected chi connectivity index (χ4v) is 1.90. The van der Waals surface area contributed by atoms with E-state index >= 15 is 0 Å². The van der Waals surface area contributed by atoms with Crippen molar-refractivity contribution in [3.05, 3.63) is 17.6 Å². The number of hydrogen-bond acceptors (Lipinski definition) is 4. The minimum atomic E-state index is -2.42. The van der Waals surface area contributed by atoms with Crippen LogP contribution < -0.4 is 5.32 Å². The van der Waals surface area contributed by atoms with Crippen molar-refractivity contribution < 1.29 is 13.5 Å². The molecule has 1 aliphatic carbocycles. The van der Waals surface area contributed by atoms with Crippen molar-refractivity contribution in [2.75, 3.05) is 25.1 Å². The van der Waals surface area contributed by atoms with Crippen LogP contribution in [-0.4, -0.2) is 36.2 Å². The van der Waals surface area contributed by atoms with Crippen molar-refractivity contribution in [2.45, 2.75) is 45.0 Å². The van der Waals surface area contributed by atoms with Crippen molar-refractivity contribution in [2.24, 2.45) is 0 Å². The smallest absolute Gasteiger partial charge is 0.261 e. The molecule has 0 amide bonds. The van der Waals surface area contributed by atoms with Crippen LogP contribution in [0, 0.1) is 0 Å². The van der Waals surface area contributed by atoms with Gasteiger partial charge in [0.15, 0.2) is 0 Å². The van der Waals surface area contributed by atoms with Crippen molar-refractivity contribution in [1.29, 1.82) is 0 Å². The number of anilines is 1. The third-order valence-corrected chi connectivity index (χ3v) is 3.06. The normalized spacial score (nSPS) is 14.8. The van der Waals surface area contributed by atoms with Crippen LogP contribution in [0.1, 0.15) is 43.6 Å². The van der Waals surface area contributed by atoms with Crippen LogP contribution in [0.15, 0.2) is 6.07 Å². The number of alkyl halides is 2. The molecule has 6 heteroatoms. The quantitative estimate of drug-likeness (QED) is 0.709. The molecule has 112 valence electrons. The third kappa shape index (κ3) is 5.00. The van der Waals surface area contributed by atoms with Gasteiger partial charge in [0.2, 0.25) is 0 Å². The fraction of sp³-hybridized carbons (Fsp3) is 0.714. The van der Waals surface area contributed by atoms with E-state index < -0.39 is 13.0 Å². The molecule has 1 aliphatic rings. The summed E-state index contributed by atoms with van der Waals surface area (Å²) < 4.78 is 28.8. The van der Waals surface area contributed by atoms with Gasteiger partial charge in [0.05, 0.1) is 6.61 Å². The van der Waals surface area contributed by atoms with Crippen LogP contribution in [0.5, 0.6) is 0 Å². The van der Waals surface area contributed by atoms with E-state index in [9.17, 15) is 8.78 Å². The SMILES string of the molecule is CCCNc1cc(C2CC2)nc(CCOCC(F)F)n1. The number of rotatable bonds is 9. The molecule has 1 heterocycles. The highest BCUT2D eigenvalue weighted by molar-refractivity contribution is 5.38. The summed E-state index contributed by atoms with van der Waals surface area (Å²) in [6, 6.07) is 2.00. The second-order valence-corrected chi connectivity index (χ2v) is 5.01. The molecule has 0 radical (unpaired) electrons. The zero-order valence-corrected chi connectivity index (χ0v) is 11.7. The summed E-state index contributed by atoms with van der Waals surface area (Å²) in [6.07, 6.45) is 1.41. The number of halogens is 2. The lowest BCUT2D eigenvalue weighted by Crippen LogP contribution is -2.11. The zero-order valence-electron chi connectivity index (χ0n) is 11.7. The third-order valence-electron chi connectivity index (χ3n) is 3.06. The molecular weight excluding hydrogens is 264 g/mol. The number of nitrogens with zero attached hydrogens (tertiary/aromatic N) is 2. The van der Waals surface area contributed by atoms with Crippen molar-refractivity contribution in [1.82, 2.24) is 9.97 Å². The molecule has 1 aromatic rings. The minimum absolute atomic E-state index is 0.228. The molecule has 0 bridgehead atoms. The summed E-state index contributed by atoms with van der Waals surface area (Å²) in [5.41, 5.74) is 1.06. The Morgan fingerprint density at radius 1 is 1.40 bits per heavy atom. The number of ether oxygens (including phenoxy) is 1. The average molecular weight is 285 g/mol. The van der Waals surface area contributed by atoms with Crippen LogP contribution in [0.4, 0.5) is 14.6 Å². The first kappa shape index (κ1) is 15.1. The monoisotopic (exact) mass is 285 g/mol. The molecular formula is C14H21F2N3O. The van der Waals surface area contributed by atoms with E-state index in [4.69, 9.17) is 4.74 Å². The van der Waals surface area contributed by atoms with Crippen LogP contribution in [-0.2, 0) is 11.2 Å². The first-order chi connectivity index (χ1) is 9.69. The minimum Gasteiger partial charge on any atom is -0.375 e. The predicted octanol–water partition coefficient (Wildman–Crippen LogP) is 3.00. The lowest BCUT2D eigenvalue weighted by atomic mass is 10.2. The van der Waals surface area contributed by atoms with Gasteiger partial charge in [0.1, 0.15) is 18.2 Å². The summed E-state index contributed by atoms with van der Waals surface area (Å²) >= 11 is 0. The summed E-state index contributed by atoms with van der Waals surface area (Å²) in [7, 11) is 0. The Morgan fingerprint density at radius 2 is 2.20 bits per heavy atom. The zero-order chi connectivity index (χ0) is 14.4. The van der Waals surface area contributed by atoms with Gasteiger partial charge in [-0.25, -0.2) is 18.7 Å². The number of aromatic nitrogens is 2. The van der Waals surface area contributed by atoms with E-state index in [0.29, 0.717) is 18.2 Å². The molecule has 4 nitrogen and oxygen atoms in total. The maximum atomic E-state index is 12.0. The maximum absolute atomic E-state index is 12.0. The van der Waals surface area contributed by atoms with Gasteiger partial charge >= 0.3 is 0 Å². The average Bonchev–Trinajstić information content (AvgIpc) is 3.25. The van der Waals surface area contributed by atoms with Gasteiger partial charge in [-0.3, -0.25) is 0 Å². The van der Waals surface area contributed by atoms with Crippen molar-refractivity contribution in [3.63, 3.8) is 0 Å². The lowest BCUT2D eigenvalue weighted by Gasteiger charge is -2.09. The summed E-state index contributed by atoms with van der Waals surface area (Å²) in [5, 5.41) is 3.25. The molecule has 0 unspecified atom stereocenters. The summed E-state index contributed by atoms with van der Waals surface area (Å²) in [4.78, 5) is 8.91. The summed E-state index contributed by atoms with van der Waals surface area (Å²) in [5.74, 6) is 2.04. The van der Waals surface area contributed by atoms with Crippen LogP contribution in [0.25, 0.3) is 0 Å². The Kier molecular flexibility index (Phi) is 5.64. The van der Waals surface area contributed by atoms with E-state index in [1.807, 2.05) is 6.07 Å². The Labute approximate surface area is 118 Å². The Morgan fingerprint density at radius 3 is 2.85 bits per heavy atom. The van der Waals surface area contributed by atoms with E-state index in [1.165, 1.54) is 12.8 Å². The van der Waals surface area contributed by atoms with Gasteiger partial charge < -0.3 is 10.1 Å². The van der Waals surface area contributed by atoms with Gasteiger partial charge in [-0.1, -0.05) is 6.92 Å².